The average Bonchev–Trinajstić information content (AvgIpc) is 2.11. The molecule has 0 heterocycles. The Labute approximate surface area is 84.1 Å². The lowest BCUT2D eigenvalue weighted by atomic mass is 10.1. The van der Waals surface area contributed by atoms with E-state index < -0.39 is 5.97 Å². The van der Waals surface area contributed by atoms with Crippen molar-refractivity contribution in [1.29, 1.82) is 0 Å². The molecule has 0 aromatic heterocycles. The van der Waals surface area contributed by atoms with Crippen LogP contribution in [0.3, 0.4) is 0 Å². The topological polar surface area (TPSA) is 86.6 Å². The van der Waals surface area contributed by atoms with Gasteiger partial charge in [-0.25, -0.2) is 5.48 Å². The summed E-state index contributed by atoms with van der Waals surface area (Å²) in [5.74, 6) is -1.11. The molecule has 5 nitrogen and oxygen atoms in total. The van der Waals surface area contributed by atoms with Gasteiger partial charge in [0.05, 0.1) is 0 Å². The molecule has 0 unspecified atom stereocenters. The van der Waals surface area contributed by atoms with Gasteiger partial charge in [0.15, 0.2) is 0 Å². The first-order valence-electron chi connectivity index (χ1n) is 4.67. The van der Waals surface area contributed by atoms with Crippen molar-refractivity contribution in [3.05, 3.63) is 0 Å². The molecule has 1 amide bonds. The number of carboxylic acid groups (broad SMARTS) is 1. The first-order valence-corrected chi connectivity index (χ1v) is 4.67. The van der Waals surface area contributed by atoms with Gasteiger partial charge in [-0.1, -0.05) is 26.2 Å². The fraction of sp³-hybridized carbons (Fsp3) is 0.778. The molecule has 0 aromatic carbocycles. The molecule has 0 rings (SSSR count). The summed E-state index contributed by atoms with van der Waals surface area (Å²) in [6.07, 6.45) is 4.72. The predicted octanol–water partition coefficient (Wildman–Crippen LogP) is 1.55. The van der Waals surface area contributed by atoms with Crippen molar-refractivity contribution in [2.24, 2.45) is 0 Å². The molecular weight excluding hydrogens is 186 g/mol. The minimum absolute atomic E-state index is 0.281. The van der Waals surface area contributed by atoms with Gasteiger partial charge in [0, 0.05) is 13.3 Å². The third-order valence-corrected chi connectivity index (χ3v) is 1.38. The van der Waals surface area contributed by atoms with E-state index in [2.05, 4.69) is 6.92 Å². The zero-order valence-corrected chi connectivity index (χ0v) is 8.75. The highest BCUT2D eigenvalue weighted by atomic mass is 16.5. The Morgan fingerprint density at radius 2 is 1.71 bits per heavy atom. The third-order valence-electron chi connectivity index (χ3n) is 1.38. The maximum absolute atomic E-state index is 10.4. The number of hydrogen-bond donors (Lipinski definition) is 3. The van der Waals surface area contributed by atoms with E-state index in [1.165, 1.54) is 12.8 Å². The maximum atomic E-state index is 10.4. The van der Waals surface area contributed by atoms with Crippen molar-refractivity contribution < 1.29 is 19.9 Å². The summed E-state index contributed by atoms with van der Waals surface area (Å²) in [5.41, 5.74) is 1.60. The van der Waals surface area contributed by atoms with Crippen LogP contribution in [0.4, 0.5) is 0 Å². The third kappa shape index (κ3) is 22.4. The number of rotatable bonds is 5. The van der Waals surface area contributed by atoms with E-state index in [0.29, 0.717) is 6.42 Å². The van der Waals surface area contributed by atoms with E-state index in [-0.39, 0.29) is 5.91 Å². The van der Waals surface area contributed by atoms with Gasteiger partial charge in [-0.05, 0) is 6.42 Å². The van der Waals surface area contributed by atoms with Crippen LogP contribution >= 0.6 is 0 Å². The Bertz CT molecular complexity index is 155. The van der Waals surface area contributed by atoms with Crippen LogP contribution in [-0.4, -0.2) is 22.2 Å². The predicted molar refractivity (Wildman–Crippen MR) is 52.0 cm³/mol. The largest absolute Gasteiger partial charge is 0.481 e. The van der Waals surface area contributed by atoms with Crippen molar-refractivity contribution in [2.45, 2.75) is 46.0 Å². The molecule has 0 atom stereocenters. The van der Waals surface area contributed by atoms with Gasteiger partial charge in [-0.2, -0.15) is 0 Å². The highest BCUT2D eigenvalue weighted by Crippen LogP contribution is 2.01. The van der Waals surface area contributed by atoms with Crippen LogP contribution in [0.15, 0.2) is 0 Å². The second kappa shape index (κ2) is 11.9. The molecule has 0 spiro atoms. The lowest BCUT2D eigenvalue weighted by Gasteiger charge is -1.96. The molecular formula is C9H19NO4. The van der Waals surface area contributed by atoms with Gasteiger partial charge < -0.3 is 5.11 Å². The van der Waals surface area contributed by atoms with Crippen LogP contribution in [0.25, 0.3) is 0 Å². The van der Waals surface area contributed by atoms with Crippen molar-refractivity contribution in [3.63, 3.8) is 0 Å². The smallest absolute Gasteiger partial charge is 0.300 e. The molecule has 0 saturated carbocycles. The molecule has 5 heteroatoms. The number of carbonyl (C=O) groups is 2. The molecule has 3 N–H and O–H groups in total. The van der Waals surface area contributed by atoms with Gasteiger partial charge in [0.1, 0.15) is 0 Å². The van der Waals surface area contributed by atoms with E-state index in [1.807, 2.05) is 0 Å². The molecule has 0 aliphatic heterocycles. The van der Waals surface area contributed by atoms with Crippen LogP contribution in [0.5, 0.6) is 0 Å². The molecule has 0 radical (unpaired) electrons. The Morgan fingerprint density at radius 3 is 2.07 bits per heavy atom. The standard InChI is InChI=1S/C7H15NO2.C2H4O2/c1-2-3-4-5-6-7(9)8-10;1-2(3)4/h10H,2-6H2,1H3,(H,8,9);1H3,(H,3,4). The number of hydroxylamine groups is 1. The van der Waals surface area contributed by atoms with E-state index in [4.69, 9.17) is 15.1 Å². The lowest BCUT2D eigenvalue weighted by molar-refractivity contribution is -0.134. The second-order valence-electron chi connectivity index (χ2n) is 2.86. The summed E-state index contributed by atoms with van der Waals surface area (Å²) in [7, 11) is 0. The van der Waals surface area contributed by atoms with Crippen molar-refractivity contribution in [3.8, 4) is 0 Å². The summed E-state index contributed by atoms with van der Waals surface area (Å²) in [6.45, 7) is 3.20. The van der Waals surface area contributed by atoms with E-state index >= 15 is 0 Å². The number of carboxylic acids is 1. The first-order chi connectivity index (χ1) is 6.54. The fourth-order valence-electron chi connectivity index (χ4n) is 0.768. The quantitative estimate of drug-likeness (QED) is 0.361. The molecule has 0 aliphatic rings. The minimum atomic E-state index is -0.833. The summed E-state index contributed by atoms with van der Waals surface area (Å²) in [6, 6.07) is 0. The number of unbranched alkanes of at least 4 members (excludes halogenated alkanes) is 3. The summed E-state index contributed by atoms with van der Waals surface area (Å²) in [4.78, 5) is 19.4. The number of amides is 1. The average molecular weight is 205 g/mol. The van der Waals surface area contributed by atoms with Crippen molar-refractivity contribution in [2.75, 3.05) is 0 Å². The van der Waals surface area contributed by atoms with Gasteiger partial charge >= 0.3 is 0 Å². The van der Waals surface area contributed by atoms with E-state index in [9.17, 15) is 4.79 Å². The summed E-state index contributed by atoms with van der Waals surface area (Å²) >= 11 is 0. The van der Waals surface area contributed by atoms with Gasteiger partial charge in [0.25, 0.3) is 5.97 Å². The molecule has 0 aromatic rings. The second-order valence-corrected chi connectivity index (χ2v) is 2.86. The Balaban J connectivity index is 0. The fourth-order valence-corrected chi connectivity index (χ4v) is 0.768. The van der Waals surface area contributed by atoms with Crippen LogP contribution < -0.4 is 5.48 Å². The molecule has 0 fully saturated rings. The number of carbonyl (C=O) groups excluding carboxylic acids is 1. The maximum Gasteiger partial charge on any atom is 0.300 e. The van der Waals surface area contributed by atoms with Gasteiger partial charge in [0.2, 0.25) is 5.91 Å². The first kappa shape index (κ1) is 15.4. The summed E-state index contributed by atoms with van der Waals surface area (Å²) in [5, 5.41) is 15.5. The zero-order valence-electron chi connectivity index (χ0n) is 8.75. The van der Waals surface area contributed by atoms with Crippen LogP contribution in [0.1, 0.15) is 46.0 Å². The minimum Gasteiger partial charge on any atom is -0.481 e. The lowest BCUT2D eigenvalue weighted by Crippen LogP contribution is -2.17. The van der Waals surface area contributed by atoms with E-state index in [1.54, 1.807) is 5.48 Å². The highest BCUT2D eigenvalue weighted by molar-refractivity contribution is 5.74. The Kier molecular flexibility index (Phi) is 13.1. The highest BCUT2D eigenvalue weighted by Gasteiger charge is 1.96. The van der Waals surface area contributed by atoms with Gasteiger partial charge in [-0.3, -0.25) is 14.8 Å². The van der Waals surface area contributed by atoms with Crippen molar-refractivity contribution >= 4 is 11.9 Å². The normalized spacial score (nSPS) is 8.50. The number of aliphatic carboxylic acids is 1. The monoisotopic (exact) mass is 205 g/mol. The molecule has 0 saturated heterocycles. The zero-order chi connectivity index (χ0) is 11.4. The number of hydrogen-bond acceptors (Lipinski definition) is 3. The Morgan fingerprint density at radius 1 is 1.21 bits per heavy atom. The van der Waals surface area contributed by atoms with Crippen LogP contribution in [-0.2, 0) is 9.59 Å². The number of nitrogens with one attached hydrogen (secondary N) is 1. The van der Waals surface area contributed by atoms with Crippen LogP contribution in [0, 0.1) is 0 Å². The van der Waals surface area contributed by atoms with Crippen molar-refractivity contribution in [1.82, 2.24) is 5.48 Å². The Hall–Kier alpha value is -1.10. The van der Waals surface area contributed by atoms with Gasteiger partial charge in [-0.15, -0.1) is 0 Å². The SMILES string of the molecule is CC(=O)O.CCCCCCC(=O)NO. The molecule has 0 aliphatic carbocycles. The summed E-state index contributed by atoms with van der Waals surface area (Å²) < 4.78 is 0. The van der Waals surface area contributed by atoms with Crippen LogP contribution in [0.2, 0.25) is 0 Å². The molecule has 0 bridgehead atoms. The molecule has 14 heavy (non-hydrogen) atoms. The molecule has 84 valence electrons. The van der Waals surface area contributed by atoms with E-state index in [0.717, 1.165) is 19.8 Å².